The van der Waals surface area contributed by atoms with Gasteiger partial charge in [0, 0.05) is 3.57 Å². The highest BCUT2D eigenvalue weighted by Crippen LogP contribution is 2.19. The first-order valence-electron chi connectivity index (χ1n) is 4.47. The van der Waals surface area contributed by atoms with Crippen LogP contribution >= 0.6 is 22.6 Å². The van der Waals surface area contributed by atoms with E-state index in [1.54, 1.807) is 0 Å². The average Bonchev–Trinajstić information content (AvgIpc) is 2.20. The standard InChI is InChI=1S/C11H13IO2/c1-4-8-5-7(2)10(12)6-9(8)11(13)14-3/h5-6H,4H2,1-3H3. The van der Waals surface area contributed by atoms with Gasteiger partial charge in [0.15, 0.2) is 0 Å². The van der Waals surface area contributed by atoms with Gasteiger partial charge >= 0.3 is 5.97 Å². The molecule has 1 aromatic rings. The van der Waals surface area contributed by atoms with Gasteiger partial charge in [0.2, 0.25) is 0 Å². The fraction of sp³-hybridized carbons (Fsp3) is 0.364. The number of methoxy groups -OCH3 is 1. The number of halogens is 1. The van der Waals surface area contributed by atoms with Crippen LogP contribution in [0.2, 0.25) is 0 Å². The first-order valence-corrected chi connectivity index (χ1v) is 5.55. The van der Waals surface area contributed by atoms with Crippen LogP contribution < -0.4 is 0 Å². The lowest BCUT2D eigenvalue weighted by Crippen LogP contribution is -2.06. The fourth-order valence-corrected chi connectivity index (χ4v) is 1.80. The molecule has 2 nitrogen and oxygen atoms in total. The van der Waals surface area contributed by atoms with Gasteiger partial charge in [-0.2, -0.15) is 0 Å². The van der Waals surface area contributed by atoms with E-state index in [1.807, 2.05) is 26.0 Å². The Morgan fingerprint density at radius 2 is 2.14 bits per heavy atom. The van der Waals surface area contributed by atoms with Crippen LogP contribution in [-0.4, -0.2) is 13.1 Å². The molecule has 0 unspecified atom stereocenters. The maximum absolute atomic E-state index is 11.4. The largest absolute Gasteiger partial charge is 0.465 e. The molecule has 76 valence electrons. The monoisotopic (exact) mass is 304 g/mol. The predicted molar refractivity (Wildman–Crippen MR) is 64.6 cm³/mol. The van der Waals surface area contributed by atoms with Gasteiger partial charge < -0.3 is 4.74 Å². The zero-order valence-electron chi connectivity index (χ0n) is 8.56. The number of hydrogen-bond donors (Lipinski definition) is 0. The van der Waals surface area contributed by atoms with Gasteiger partial charge in [-0.1, -0.05) is 13.0 Å². The predicted octanol–water partition coefficient (Wildman–Crippen LogP) is 2.95. The Morgan fingerprint density at radius 1 is 1.50 bits per heavy atom. The van der Waals surface area contributed by atoms with E-state index in [-0.39, 0.29) is 5.97 Å². The van der Waals surface area contributed by atoms with Crippen molar-refractivity contribution in [2.75, 3.05) is 7.11 Å². The van der Waals surface area contributed by atoms with Gasteiger partial charge in [0.05, 0.1) is 12.7 Å². The number of aryl methyl sites for hydroxylation is 2. The number of carbonyl (C=O) groups excluding carboxylic acids is 1. The normalized spacial score (nSPS) is 10.0. The quantitative estimate of drug-likeness (QED) is 0.620. The van der Waals surface area contributed by atoms with Crippen molar-refractivity contribution in [1.82, 2.24) is 0 Å². The molecular formula is C11H13IO2. The second kappa shape index (κ2) is 4.77. The Hall–Kier alpha value is -0.580. The molecule has 0 N–H and O–H groups in total. The minimum Gasteiger partial charge on any atom is -0.465 e. The van der Waals surface area contributed by atoms with E-state index in [9.17, 15) is 4.79 Å². The molecule has 0 fully saturated rings. The Morgan fingerprint density at radius 3 is 2.64 bits per heavy atom. The molecule has 3 heteroatoms. The number of benzene rings is 1. The van der Waals surface area contributed by atoms with Crippen LogP contribution in [0, 0.1) is 10.5 Å². The smallest absolute Gasteiger partial charge is 0.338 e. The van der Waals surface area contributed by atoms with Crippen molar-refractivity contribution in [2.45, 2.75) is 20.3 Å². The van der Waals surface area contributed by atoms with Crippen LogP contribution in [0.3, 0.4) is 0 Å². The van der Waals surface area contributed by atoms with Crippen LogP contribution in [0.25, 0.3) is 0 Å². The number of hydrogen-bond acceptors (Lipinski definition) is 2. The fourth-order valence-electron chi connectivity index (χ4n) is 1.33. The second-order valence-electron chi connectivity index (χ2n) is 3.10. The third kappa shape index (κ3) is 2.26. The van der Waals surface area contributed by atoms with Crippen molar-refractivity contribution in [1.29, 1.82) is 0 Å². The summed E-state index contributed by atoms with van der Waals surface area (Å²) in [6.45, 7) is 4.08. The first-order chi connectivity index (χ1) is 6.60. The zero-order valence-corrected chi connectivity index (χ0v) is 10.7. The molecule has 0 saturated heterocycles. The van der Waals surface area contributed by atoms with Crippen LogP contribution in [0.15, 0.2) is 12.1 Å². The maximum atomic E-state index is 11.4. The SMILES string of the molecule is CCc1cc(C)c(I)cc1C(=O)OC. The lowest BCUT2D eigenvalue weighted by atomic mass is 10.0. The summed E-state index contributed by atoms with van der Waals surface area (Å²) in [7, 11) is 1.41. The Balaban J connectivity index is 3.27. The number of esters is 1. The molecule has 0 heterocycles. The molecule has 14 heavy (non-hydrogen) atoms. The molecule has 0 bridgehead atoms. The minimum atomic E-state index is -0.250. The van der Waals surface area contributed by atoms with Crippen molar-refractivity contribution in [3.8, 4) is 0 Å². The summed E-state index contributed by atoms with van der Waals surface area (Å²) in [6, 6.07) is 3.94. The highest BCUT2D eigenvalue weighted by atomic mass is 127. The number of rotatable bonds is 2. The molecule has 0 aromatic heterocycles. The van der Waals surface area contributed by atoms with Crippen molar-refractivity contribution in [3.63, 3.8) is 0 Å². The summed E-state index contributed by atoms with van der Waals surface area (Å²) in [5, 5.41) is 0. The van der Waals surface area contributed by atoms with E-state index >= 15 is 0 Å². The summed E-state index contributed by atoms with van der Waals surface area (Å²) in [6.07, 6.45) is 0.849. The highest BCUT2D eigenvalue weighted by molar-refractivity contribution is 14.1. The van der Waals surface area contributed by atoms with Gasteiger partial charge in [-0.05, 0) is 53.1 Å². The lowest BCUT2D eigenvalue weighted by Gasteiger charge is -2.08. The summed E-state index contributed by atoms with van der Waals surface area (Å²) < 4.78 is 5.83. The molecular weight excluding hydrogens is 291 g/mol. The molecule has 0 aliphatic carbocycles. The average molecular weight is 304 g/mol. The van der Waals surface area contributed by atoms with E-state index in [2.05, 4.69) is 22.6 Å². The summed E-state index contributed by atoms with van der Waals surface area (Å²) >= 11 is 2.22. The highest BCUT2D eigenvalue weighted by Gasteiger charge is 2.12. The summed E-state index contributed by atoms with van der Waals surface area (Å²) in [5.74, 6) is -0.250. The molecule has 0 spiro atoms. The second-order valence-corrected chi connectivity index (χ2v) is 4.27. The molecule has 0 saturated carbocycles. The van der Waals surface area contributed by atoms with Gasteiger partial charge in [-0.3, -0.25) is 0 Å². The first kappa shape index (κ1) is 11.5. The van der Waals surface area contributed by atoms with E-state index in [4.69, 9.17) is 4.74 Å². The van der Waals surface area contributed by atoms with Crippen LogP contribution in [0.4, 0.5) is 0 Å². The molecule has 0 aliphatic heterocycles. The Kier molecular flexibility index (Phi) is 3.92. The van der Waals surface area contributed by atoms with Crippen molar-refractivity contribution >= 4 is 28.6 Å². The van der Waals surface area contributed by atoms with E-state index in [1.165, 1.54) is 12.7 Å². The molecule has 0 aliphatic rings. The van der Waals surface area contributed by atoms with Gasteiger partial charge in [-0.25, -0.2) is 4.79 Å². The zero-order chi connectivity index (χ0) is 10.7. The van der Waals surface area contributed by atoms with Gasteiger partial charge in [0.1, 0.15) is 0 Å². The summed E-state index contributed by atoms with van der Waals surface area (Å²) in [5.41, 5.74) is 2.94. The van der Waals surface area contributed by atoms with E-state index in [0.717, 1.165) is 15.6 Å². The van der Waals surface area contributed by atoms with Crippen LogP contribution in [0.1, 0.15) is 28.4 Å². The van der Waals surface area contributed by atoms with Crippen LogP contribution in [0.5, 0.6) is 0 Å². The molecule has 1 rings (SSSR count). The number of ether oxygens (including phenoxy) is 1. The maximum Gasteiger partial charge on any atom is 0.338 e. The molecule has 1 aromatic carbocycles. The van der Waals surface area contributed by atoms with Gasteiger partial charge in [0.25, 0.3) is 0 Å². The third-order valence-corrected chi connectivity index (χ3v) is 3.33. The number of carbonyl (C=O) groups is 1. The van der Waals surface area contributed by atoms with E-state index < -0.39 is 0 Å². The minimum absolute atomic E-state index is 0.250. The van der Waals surface area contributed by atoms with Crippen LogP contribution in [-0.2, 0) is 11.2 Å². The van der Waals surface area contributed by atoms with Crippen molar-refractivity contribution < 1.29 is 9.53 Å². The topological polar surface area (TPSA) is 26.3 Å². The Labute approximate surface area is 97.8 Å². The van der Waals surface area contributed by atoms with Gasteiger partial charge in [-0.15, -0.1) is 0 Å². The molecule has 0 atom stereocenters. The third-order valence-electron chi connectivity index (χ3n) is 2.17. The Bertz CT molecular complexity index is 359. The van der Waals surface area contributed by atoms with Crippen molar-refractivity contribution in [2.24, 2.45) is 0 Å². The lowest BCUT2D eigenvalue weighted by molar-refractivity contribution is 0.0599. The summed E-state index contributed by atoms with van der Waals surface area (Å²) in [4.78, 5) is 11.4. The molecule has 0 amide bonds. The van der Waals surface area contributed by atoms with Crippen molar-refractivity contribution in [3.05, 3.63) is 32.4 Å². The van der Waals surface area contributed by atoms with E-state index in [0.29, 0.717) is 5.56 Å². The molecule has 0 radical (unpaired) electrons.